The molecule has 0 aliphatic heterocycles. The highest BCUT2D eigenvalue weighted by molar-refractivity contribution is 6.01. The second-order valence-corrected chi connectivity index (χ2v) is 3.61. The molecule has 0 fully saturated rings. The molecule has 0 aliphatic carbocycles. The van der Waals surface area contributed by atoms with Crippen molar-refractivity contribution in [2.24, 2.45) is 5.73 Å². The number of carbonyl (C=O) groups excluding carboxylic acids is 1. The van der Waals surface area contributed by atoms with Crippen LogP contribution in [0.25, 0.3) is 0 Å². The predicted octanol–water partition coefficient (Wildman–Crippen LogP) is 1.21. The largest absolute Gasteiger partial charge is 0.397 e. The van der Waals surface area contributed by atoms with Crippen LogP contribution in [0, 0.1) is 0 Å². The van der Waals surface area contributed by atoms with Gasteiger partial charge in [-0.2, -0.15) is 0 Å². The fourth-order valence-corrected chi connectivity index (χ4v) is 1.50. The quantitative estimate of drug-likeness (QED) is 0.491. The van der Waals surface area contributed by atoms with Crippen molar-refractivity contribution in [2.45, 2.75) is 13.3 Å². The van der Waals surface area contributed by atoms with Crippen molar-refractivity contribution in [3.05, 3.63) is 23.8 Å². The molecule has 0 radical (unpaired) electrons. The molecule has 1 amide bonds. The molecule has 94 valence electrons. The lowest BCUT2D eigenvalue weighted by Crippen LogP contribution is -2.16. The normalized spacial score (nSPS) is 10.2. The Morgan fingerprint density at radius 2 is 2.24 bits per heavy atom. The summed E-state index contributed by atoms with van der Waals surface area (Å²) < 4.78 is 5.22. The molecule has 0 aliphatic rings. The summed E-state index contributed by atoms with van der Waals surface area (Å²) in [5, 5.41) is 3.12. The van der Waals surface area contributed by atoms with Gasteiger partial charge in [-0.3, -0.25) is 4.79 Å². The van der Waals surface area contributed by atoms with Crippen LogP contribution in [-0.2, 0) is 4.74 Å². The van der Waals surface area contributed by atoms with Gasteiger partial charge in [-0.1, -0.05) is 6.07 Å². The molecule has 0 unspecified atom stereocenters. The maximum Gasteiger partial charge on any atom is 0.250 e. The Balaban J connectivity index is 2.60. The number of ether oxygens (including phenoxy) is 1. The summed E-state index contributed by atoms with van der Waals surface area (Å²) in [7, 11) is 0. The van der Waals surface area contributed by atoms with Crippen LogP contribution < -0.4 is 16.8 Å². The Morgan fingerprint density at radius 1 is 1.47 bits per heavy atom. The Labute approximate surface area is 101 Å². The van der Waals surface area contributed by atoms with Crippen LogP contribution in [0.3, 0.4) is 0 Å². The SMILES string of the molecule is CCOCCCNc1c(N)cccc1C(N)=O. The molecule has 0 heterocycles. The van der Waals surface area contributed by atoms with E-state index in [1.807, 2.05) is 6.92 Å². The monoisotopic (exact) mass is 237 g/mol. The van der Waals surface area contributed by atoms with E-state index in [0.717, 1.165) is 6.42 Å². The van der Waals surface area contributed by atoms with Crippen molar-refractivity contribution in [1.82, 2.24) is 0 Å². The molecule has 0 saturated heterocycles. The lowest BCUT2D eigenvalue weighted by Gasteiger charge is -2.12. The summed E-state index contributed by atoms with van der Waals surface area (Å²) >= 11 is 0. The van der Waals surface area contributed by atoms with Gasteiger partial charge in [0.25, 0.3) is 5.91 Å². The Hall–Kier alpha value is -1.75. The van der Waals surface area contributed by atoms with E-state index in [-0.39, 0.29) is 0 Å². The highest BCUT2D eigenvalue weighted by Crippen LogP contribution is 2.22. The van der Waals surface area contributed by atoms with Gasteiger partial charge in [-0.15, -0.1) is 0 Å². The van der Waals surface area contributed by atoms with Crippen LogP contribution in [0.15, 0.2) is 18.2 Å². The molecular weight excluding hydrogens is 218 g/mol. The summed E-state index contributed by atoms with van der Waals surface area (Å²) in [5.41, 5.74) is 12.6. The van der Waals surface area contributed by atoms with Gasteiger partial charge in [0.1, 0.15) is 0 Å². The zero-order valence-electron chi connectivity index (χ0n) is 10.0. The number of primary amides is 1. The summed E-state index contributed by atoms with van der Waals surface area (Å²) in [4.78, 5) is 11.2. The molecule has 0 aromatic heterocycles. The fourth-order valence-electron chi connectivity index (χ4n) is 1.50. The van der Waals surface area contributed by atoms with E-state index in [1.165, 1.54) is 0 Å². The number of hydrogen-bond acceptors (Lipinski definition) is 4. The smallest absolute Gasteiger partial charge is 0.250 e. The predicted molar refractivity (Wildman–Crippen MR) is 69.0 cm³/mol. The lowest BCUT2D eigenvalue weighted by molar-refractivity contribution is 0.100. The van der Waals surface area contributed by atoms with Crippen molar-refractivity contribution >= 4 is 17.3 Å². The number of hydrogen-bond donors (Lipinski definition) is 3. The number of benzene rings is 1. The van der Waals surface area contributed by atoms with Gasteiger partial charge in [0.15, 0.2) is 0 Å². The first-order valence-corrected chi connectivity index (χ1v) is 5.66. The Morgan fingerprint density at radius 3 is 2.88 bits per heavy atom. The zero-order chi connectivity index (χ0) is 12.7. The molecule has 1 rings (SSSR count). The molecule has 17 heavy (non-hydrogen) atoms. The van der Waals surface area contributed by atoms with Gasteiger partial charge in [0.2, 0.25) is 0 Å². The topological polar surface area (TPSA) is 90.4 Å². The summed E-state index contributed by atoms with van der Waals surface area (Å²) in [6.45, 7) is 4.03. The minimum atomic E-state index is -0.482. The van der Waals surface area contributed by atoms with Crippen molar-refractivity contribution in [2.75, 3.05) is 30.8 Å². The van der Waals surface area contributed by atoms with Gasteiger partial charge in [-0.05, 0) is 25.5 Å². The molecule has 0 spiro atoms. The molecule has 1 aromatic carbocycles. The lowest BCUT2D eigenvalue weighted by atomic mass is 10.1. The molecule has 5 heteroatoms. The molecule has 0 atom stereocenters. The van der Waals surface area contributed by atoms with Crippen molar-refractivity contribution in [3.8, 4) is 0 Å². The second kappa shape index (κ2) is 6.75. The third kappa shape index (κ3) is 3.96. The summed E-state index contributed by atoms with van der Waals surface area (Å²) in [6, 6.07) is 5.10. The summed E-state index contributed by atoms with van der Waals surface area (Å²) in [5.74, 6) is -0.482. The van der Waals surface area contributed by atoms with E-state index < -0.39 is 5.91 Å². The molecule has 0 bridgehead atoms. The van der Waals surface area contributed by atoms with E-state index in [0.29, 0.717) is 36.7 Å². The number of nitrogen functional groups attached to an aromatic ring is 1. The average molecular weight is 237 g/mol. The number of nitrogens with one attached hydrogen (secondary N) is 1. The van der Waals surface area contributed by atoms with E-state index >= 15 is 0 Å². The highest BCUT2D eigenvalue weighted by atomic mass is 16.5. The minimum absolute atomic E-state index is 0.418. The maximum atomic E-state index is 11.2. The first-order chi connectivity index (χ1) is 8.16. The van der Waals surface area contributed by atoms with E-state index in [2.05, 4.69) is 5.32 Å². The average Bonchev–Trinajstić information content (AvgIpc) is 2.30. The van der Waals surface area contributed by atoms with Crippen LogP contribution in [0.5, 0.6) is 0 Å². The van der Waals surface area contributed by atoms with Gasteiger partial charge >= 0.3 is 0 Å². The van der Waals surface area contributed by atoms with Crippen molar-refractivity contribution < 1.29 is 9.53 Å². The number of para-hydroxylation sites is 1. The minimum Gasteiger partial charge on any atom is -0.397 e. The second-order valence-electron chi connectivity index (χ2n) is 3.61. The molecule has 5 N–H and O–H groups in total. The van der Waals surface area contributed by atoms with Gasteiger partial charge in [0.05, 0.1) is 16.9 Å². The maximum absolute atomic E-state index is 11.2. The number of nitrogens with two attached hydrogens (primary N) is 2. The number of rotatable bonds is 7. The van der Waals surface area contributed by atoms with Gasteiger partial charge in [0, 0.05) is 19.8 Å². The number of carbonyl (C=O) groups is 1. The number of anilines is 2. The molecule has 1 aromatic rings. The van der Waals surface area contributed by atoms with E-state index in [1.54, 1.807) is 18.2 Å². The first-order valence-electron chi connectivity index (χ1n) is 5.66. The van der Waals surface area contributed by atoms with Crippen LogP contribution in [-0.4, -0.2) is 25.7 Å². The van der Waals surface area contributed by atoms with Gasteiger partial charge in [-0.25, -0.2) is 0 Å². The van der Waals surface area contributed by atoms with Gasteiger partial charge < -0.3 is 21.5 Å². The van der Waals surface area contributed by atoms with Crippen LogP contribution in [0.1, 0.15) is 23.7 Å². The Kier molecular flexibility index (Phi) is 5.29. The molecular formula is C12H19N3O2. The number of amides is 1. The van der Waals surface area contributed by atoms with Crippen molar-refractivity contribution in [3.63, 3.8) is 0 Å². The van der Waals surface area contributed by atoms with Crippen LogP contribution in [0.2, 0.25) is 0 Å². The van der Waals surface area contributed by atoms with Crippen LogP contribution >= 0.6 is 0 Å². The van der Waals surface area contributed by atoms with E-state index in [9.17, 15) is 4.79 Å². The first kappa shape index (κ1) is 13.3. The molecule has 0 saturated carbocycles. The third-order valence-corrected chi connectivity index (χ3v) is 2.33. The summed E-state index contributed by atoms with van der Waals surface area (Å²) in [6.07, 6.45) is 0.848. The van der Waals surface area contributed by atoms with Crippen molar-refractivity contribution in [1.29, 1.82) is 0 Å². The molecule has 5 nitrogen and oxygen atoms in total. The Bertz CT molecular complexity index is 380. The fraction of sp³-hybridized carbons (Fsp3) is 0.417. The third-order valence-electron chi connectivity index (χ3n) is 2.33. The van der Waals surface area contributed by atoms with E-state index in [4.69, 9.17) is 16.2 Å². The van der Waals surface area contributed by atoms with Crippen LogP contribution in [0.4, 0.5) is 11.4 Å². The zero-order valence-corrected chi connectivity index (χ0v) is 10.0. The highest BCUT2D eigenvalue weighted by Gasteiger charge is 2.09. The standard InChI is InChI=1S/C12H19N3O2/c1-2-17-8-4-7-15-11-9(12(14)16)5-3-6-10(11)13/h3,5-6,15H,2,4,7-8,13H2,1H3,(H2,14,16).